The predicted octanol–water partition coefficient (Wildman–Crippen LogP) is 4.54. The molecule has 2 atom stereocenters. The molecule has 13 nitrogen and oxygen atoms in total. The summed E-state index contributed by atoms with van der Waals surface area (Å²) in [7, 11) is 0. The van der Waals surface area contributed by atoms with E-state index in [1.807, 2.05) is 9.80 Å². The first-order valence-electron chi connectivity index (χ1n) is 20.6. The maximum atomic E-state index is 13.5. The lowest BCUT2D eigenvalue weighted by Crippen LogP contribution is -2.46. The Hall–Kier alpha value is -5.24. The minimum Gasteiger partial charge on any atom is -0.506 e. The molecule has 0 spiro atoms. The van der Waals surface area contributed by atoms with Crippen molar-refractivity contribution < 1.29 is 39.5 Å². The van der Waals surface area contributed by atoms with Crippen molar-refractivity contribution in [1.29, 1.82) is 0 Å². The van der Waals surface area contributed by atoms with Crippen molar-refractivity contribution in [3.63, 3.8) is 0 Å². The van der Waals surface area contributed by atoms with E-state index in [2.05, 4.69) is 10.3 Å². The number of carboxylic acid groups (broad SMARTS) is 1. The van der Waals surface area contributed by atoms with Gasteiger partial charge in [0, 0.05) is 61.6 Å². The van der Waals surface area contributed by atoms with Crippen LogP contribution in [-0.2, 0) is 20.0 Å². The van der Waals surface area contributed by atoms with Crippen LogP contribution in [0, 0.1) is 23.7 Å². The molecular formula is C45H54N4O9. The number of rotatable bonds is 13. The fraction of sp³-hybridized carbons (Fsp3) is 0.467. The molecule has 6 N–H and O–H groups in total. The molecule has 4 aromatic rings. The van der Waals surface area contributed by atoms with Crippen LogP contribution in [0.1, 0.15) is 74.2 Å². The van der Waals surface area contributed by atoms with E-state index in [1.165, 1.54) is 12.1 Å². The van der Waals surface area contributed by atoms with Crippen LogP contribution in [0.15, 0.2) is 83.7 Å². The van der Waals surface area contributed by atoms with Gasteiger partial charge < -0.3 is 45.3 Å². The Bertz CT molecular complexity index is 2120. The van der Waals surface area contributed by atoms with Gasteiger partial charge in [0.25, 0.3) is 0 Å². The van der Waals surface area contributed by atoms with Gasteiger partial charge in [-0.05, 0) is 105 Å². The zero-order valence-electron chi connectivity index (χ0n) is 32.7. The van der Waals surface area contributed by atoms with E-state index in [-0.39, 0.29) is 52.0 Å². The molecule has 13 heteroatoms. The number of pyridine rings is 1. The quantitative estimate of drug-likeness (QED) is 0.112. The zero-order chi connectivity index (χ0) is 40.8. The highest BCUT2D eigenvalue weighted by Gasteiger charge is 2.40. The van der Waals surface area contributed by atoms with Gasteiger partial charge in [-0.2, -0.15) is 0 Å². The third kappa shape index (κ3) is 9.06. The summed E-state index contributed by atoms with van der Waals surface area (Å²) < 4.78 is 6.09. The summed E-state index contributed by atoms with van der Waals surface area (Å²) in [6, 6.07) is 21.0. The fourth-order valence-corrected chi connectivity index (χ4v) is 8.98. The summed E-state index contributed by atoms with van der Waals surface area (Å²) in [4.78, 5) is 57.6. The van der Waals surface area contributed by atoms with Gasteiger partial charge in [-0.3, -0.25) is 14.4 Å². The average Bonchev–Trinajstić information content (AvgIpc) is 3.26. The Morgan fingerprint density at radius 3 is 2.00 bits per heavy atom. The van der Waals surface area contributed by atoms with Crippen LogP contribution >= 0.6 is 0 Å². The molecule has 0 bridgehead atoms. The van der Waals surface area contributed by atoms with Gasteiger partial charge in [0.05, 0.1) is 18.2 Å². The second-order valence-corrected chi connectivity index (χ2v) is 16.3. The van der Waals surface area contributed by atoms with Crippen LogP contribution in [0.25, 0.3) is 10.9 Å². The van der Waals surface area contributed by atoms with Crippen molar-refractivity contribution in [1.82, 2.24) is 20.1 Å². The van der Waals surface area contributed by atoms with Crippen molar-refractivity contribution in [3.05, 3.63) is 106 Å². The number of aliphatic hydroxyl groups excluding tert-OH is 1. The number of aromatic amines is 1. The highest BCUT2D eigenvalue weighted by molar-refractivity contribution is 5.87. The van der Waals surface area contributed by atoms with E-state index in [0.717, 1.165) is 51.4 Å². The zero-order valence-corrected chi connectivity index (χ0v) is 32.7. The van der Waals surface area contributed by atoms with E-state index in [4.69, 9.17) is 4.74 Å². The Kier molecular flexibility index (Phi) is 12.8. The van der Waals surface area contributed by atoms with E-state index < -0.39 is 17.7 Å². The van der Waals surface area contributed by atoms with E-state index in [1.54, 1.807) is 66.7 Å². The molecule has 3 aromatic carbocycles. The molecule has 58 heavy (non-hydrogen) atoms. The number of amides is 2. The van der Waals surface area contributed by atoms with Crippen LogP contribution in [0.5, 0.6) is 11.5 Å². The largest absolute Gasteiger partial charge is 0.506 e. The molecule has 1 saturated carbocycles. The molecule has 1 aliphatic carbocycles. The highest BCUT2D eigenvalue weighted by atomic mass is 16.5. The second-order valence-electron chi connectivity index (χ2n) is 16.3. The number of nitrogens with one attached hydrogen (secondary N) is 2. The number of piperidine rings is 2. The number of aromatic hydroxyl groups is 1. The van der Waals surface area contributed by atoms with Crippen LogP contribution < -0.4 is 15.6 Å². The number of likely N-dealkylation sites (tertiary alicyclic amines) is 2. The molecule has 2 aliphatic heterocycles. The molecule has 308 valence electrons. The van der Waals surface area contributed by atoms with E-state index in [0.29, 0.717) is 74.0 Å². The number of carbonyl (C=O) groups is 3. The third-order valence-electron chi connectivity index (χ3n) is 12.6. The number of phenolic OH excluding ortho intramolecular Hbond substituents is 1. The van der Waals surface area contributed by atoms with Crippen molar-refractivity contribution >= 4 is 28.7 Å². The monoisotopic (exact) mass is 794 g/mol. The van der Waals surface area contributed by atoms with Gasteiger partial charge in [0.2, 0.25) is 23.0 Å². The molecule has 3 heterocycles. The van der Waals surface area contributed by atoms with Gasteiger partial charge in [-0.1, -0.05) is 48.5 Å². The van der Waals surface area contributed by atoms with Crippen LogP contribution in [0.4, 0.5) is 0 Å². The number of aliphatic hydroxyl groups is 2. The van der Waals surface area contributed by atoms with Crippen LogP contribution in [0.3, 0.4) is 0 Å². The smallest absolute Gasteiger partial charge is 0.345 e. The van der Waals surface area contributed by atoms with Crippen LogP contribution in [0.2, 0.25) is 0 Å². The van der Waals surface area contributed by atoms with E-state index in [9.17, 15) is 39.6 Å². The first-order valence-corrected chi connectivity index (χ1v) is 20.6. The molecule has 2 unspecified atom stereocenters. The molecule has 2 amide bonds. The summed E-state index contributed by atoms with van der Waals surface area (Å²) in [5.41, 5.74) is -1.12. The van der Waals surface area contributed by atoms with Gasteiger partial charge in [-0.25, -0.2) is 4.79 Å². The number of benzene rings is 3. The standard InChI is InChI=1S/C45H54N4O9/c50-38-15-13-36(37-14-16-40(52)47-41(37)38)39(51)27-46-26-29-17-21-48(22-18-29)42(53)31-9-11-32(12-10-31)43(54)49-23-19-30(20-24-49)28-58-35-8-4-7-34(25-35)45(57,44(55)56)33-5-2-1-3-6-33/h1-8,13-16,25,29-32,39,46,50-51,57H,9-12,17-24,26-28H2,(H,47,52)(H,55,56). The summed E-state index contributed by atoms with van der Waals surface area (Å²) in [5.74, 6) is -0.0508. The summed E-state index contributed by atoms with van der Waals surface area (Å²) in [6.45, 7) is 4.16. The maximum absolute atomic E-state index is 13.5. The highest BCUT2D eigenvalue weighted by Crippen LogP contribution is 2.35. The fourth-order valence-electron chi connectivity index (χ4n) is 8.98. The van der Waals surface area contributed by atoms with Gasteiger partial charge in [-0.15, -0.1) is 0 Å². The average molecular weight is 795 g/mol. The lowest BCUT2D eigenvalue weighted by Gasteiger charge is -2.38. The third-order valence-corrected chi connectivity index (χ3v) is 12.6. The van der Waals surface area contributed by atoms with Crippen molar-refractivity contribution in [2.45, 2.75) is 63.1 Å². The first-order chi connectivity index (χ1) is 28.0. The molecule has 1 aromatic heterocycles. The van der Waals surface area contributed by atoms with E-state index >= 15 is 0 Å². The predicted molar refractivity (Wildman–Crippen MR) is 217 cm³/mol. The normalized spacial score (nSPS) is 21.0. The molecule has 3 fully saturated rings. The number of hydrogen-bond donors (Lipinski definition) is 6. The Morgan fingerprint density at radius 1 is 0.776 bits per heavy atom. The van der Waals surface area contributed by atoms with Gasteiger partial charge >= 0.3 is 5.97 Å². The number of hydrogen-bond acceptors (Lipinski definition) is 9. The lowest BCUT2D eigenvalue weighted by atomic mass is 9.80. The number of ether oxygens (including phenoxy) is 1. The Morgan fingerprint density at radius 2 is 1.38 bits per heavy atom. The lowest BCUT2D eigenvalue weighted by molar-refractivity contribution is -0.155. The number of carbonyl (C=O) groups excluding carboxylic acids is 2. The minimum atomic E-state index is -2.21. The minimum absolute atomic E-state index is 0.0429. The van der Waals surface area contributed by atoms with Crippen molar-refractivity contribution in [3.8, 4) is 11.5 Å². The number of aromatic nitrogens is 1. The van der Waals surface area contributed by atoms with Crippen molar-refractivity contribution in [2.75, 3.05) is 45.9 Å². The molecule has 0 radical (unpaired) electrons. The van der Waals surface area contributed by atoms with Gasteiger partial charge in [0.1, 0.15) is 11.5 Å². The number of aliphatic carboxylic acids is 1. The second kappa shape index (κ2) is 18.1. The summed E-state index contributed by atoms with van der Waals surface area (Å²) in [5, 5.41) is 46.2. The maximum Gasteiger partial charge on any atom is 0.345 e. The summed E-state index contributed by atoms with van der Waals surface area (Å²) >= 11 is 0. The SMILES string of the molecule is O=C(C1CCC(C(=O)N2CCC(COc3cccc(C(O)(C(=O)O)c4ccccc4)c3)CC2)CC1)N1CCC(CNCC(O)c2ccc(O)c3[nH]c(=O)ccc23)CC1. The van der Waals surface area contributed by atoms with Crippen LogP contribution in [-0.4, -0.2) is 98.9 Å². The van der Waals surface area contributed by atoms with Crippen molar-refractivity contribution in [2.24, 2.45) is 23.7 Å². The molecular weight excluding hydrogens is 741 g/mol. The molecule has 3 aliphatic rings. The first kappa shape index (κ1) is 40.9. The number of carboxylic acids is 1. The number of H-pyrrole nitrogens is 1. The molecule has 2 saturated heterocycles. The van der Waals surface area contributed by atoms with Gasteiger partial charge in [0.15, 0.2) is 0 Å². The Balaban J connectivity index is 0.799. The number of nitrogens with zero attached hydrogens (tertiary/aromatic N) is 2. The number of phenols is 1. The number of fused-ring (bicyclic) bond motifs is 1. The summed E-state index contributed by atoms with van der Waals surface area (Å²) in [6.07, 6.45) is 5.41. The Labute approximate surface area is 337 Å². The molecule has 7 rings (SSSR count). The topological polar surface area (TPSA) is 193 Å².